The number of benzene rings is 1. The van der Waals surface area contributed by atoms with Crippen molar-refractivity contribution in [1.82, 2.24) is 9.97 Å². The summed E-state index contributed by atoms with van der Waals surface area (Å²) < 4.78 is 5.12. The van der Waals surface area contributed by atoms with Crippen LogP contribution in [-0.2, 0) is 6.42 Å². The standard InChI is InChI=1S/C11H13N3O/c1-15-9-2-3-10-8(6-9)7-13-11(14-10)4-5-12/h2-3,6-7H,4-5,12H2,1H3. The first-order chi connectivity index (χ1) is 7.33. The summed E-state index contributed by atoms with van der Waals surface area (Å²) in [6.45, 7) is 0.571. The molecule has 1 heterocycles. The van der Waals surface area contributed by atoms with Gasteiger partial charge in [0.05, 0.1) is 12.6 Å². The number of aromatic nitrogens is 2. The van der Waals surface area contributed by atoms with E-state index >= 15 is 0 Å². The molecule has 4 heteroatoms. The van der Waals surface area contributed by atoms with E-state index in [2.05, 4.69) is 9.97 Å². The molecule has 0 aliphatic heterocycles. The number of hydrogen-bond donors (Lipinski definition) is 1. The van der Waals surface area contributed by atoms with Gasteiger partial charge in [-0.2, -0.15) is 0 Å². The maximum absolute atomic E-state index is 5.45. The molecule has 0 radical (unpaired) electrons. The minimum absolute atomic E-state index is 0.571. The lowest BCUT2D eigenvalue weighted by atomic mass is 10.2. The van der Waals surface area contributed by atoms with Crippen LogP contribution < -0.4 is 10.5 Å². The summed E-state index contributed by atoms with van der Waals surface area (Å²) in [5.74, 6) is 1.60. The Morgan fingerprint density at radius 1 is 1.40 bits per heavy atom. The third-order valence-corrected chi connectivity index (χ3v) is 2.20. The summed E-state index contributed by atoms with van der Waals surface area (Å²) in [4.78, 5) is 8.62. The molecule has 15 heavy (non-hydrogen) atoms. The zero-order chi connectivity index (χ0) is 10.7. The van der Waals surface area contributed by atoms with Crippen molar-refractivity contribution in [2.75, 3.05) is 13.7 Å². The van der Waals surface area contributed by atoms with Gasteiger partial charge in [-0.15, -0.1) is 0 Å². The third kappa shape index (κ3) is 2.05. The van der Waals surface area contributed by atoms with Crippen LogP contribution in [-0.4, -0.2) is 23.6 Å². The Labute approximate surface area is 88.1 Å². The molecule has 78 valence electrons. The predicted octanol–water partition coefficient (Wildman–Crippen LogP) is 1.14. The summed E-state index contributed by atoms with van der Waals surface area (Å²) >= 11 is 0. The zero-order valence-electron chi connectivity index (χ0n) is 8.60. The van der Waals surface area contributed by atoms with Crippen molar-refractivity contribution in [2.24, 2.45) is 5.73 Å². The molecular formula is C11H13N3O. The Kier molecular flexibility index (Phi) is 2.78. The highest BCUT2D eigenvalue weighted by molar-refractivity contribution is 5.79. The quantitative estimate of drug-likeness (QED) is 0.812. The Morgan fingerprint density at radius 2 is 2.27 bits per heavy atom. The minimum atomic E-state index is 0.571. The van der Waals surface area contributed by atoms with Gasteiger partial charge in [0.1, 0.15) is 11.6 Å². The molecule has 0 amide bonds. The largest absolute Gasteiger partial charge is 0.497 e. The second kappa shape index (κ2) is 4.23. The SMILES string of the molecule is COc1ccc2nc(CCN)ncc2c1. The van der Waals surface area contributed by atoms with Crippen LogP contribution in [0.15, 0.2) is 24.4 Å². The Bertz CT molecular complexity index is 470. The molecule has 0 unspecified atom stereocenters. The lowest BCUT2D eigenvalue weighted by Gasteiger charge is -2.03. The highest BCUT2D eigenvalue weighted by Gasteiger charge is 2.00. The smallest absolute Gasteiger partial charge is 0.130 e. The molecule has 2 N–H and O–H groups in total. The van der Waals surface area contributed by atoms with E-state index in [-0.39, 0.29) is 0 Å². The van der Waals surface area contributed by atoms with E-state index in [0.29, 0.717) is 13.0 Å². The van der Waals surface area contributed by atoms with Gasteiger partial charge in [-0.3, -0.25) is 0 Å². The Hall–Kier alpha value is -1.68. The lowest BCUT2D eigenvalue weighted by molar-refractivity contribution is 0.415. The first-order valence-electron chi connectivity index (χ1n) is 4.83. The van der Waals surface area contributed by atoms with Crippen molar-refractivity contribution in [3.05, 3.63) is 30.2 Å². The molecule has 4 nitrogen and oxygen atoms in total. The molecule has 0 fully saturated rings. The molecule has 0 aliphatic rings. The van der Waals surface area contributed by atoms with Gasteiger partial charge in [-0.1, -0.05) is 0 Å². The number of nitrogens with two attached hydrogens (primary N) is 1. The number of fused-ring (bicyclic) bond motifs is 1. The van der Waals surface area contributed by atoms with Crippen LogP contribution in [0.2, 0.25) is 0 Å². The fourth-order valence-corrected chi connectivity index (χ4v) is 1.43. The average molecular weight is 203 g/mol. The number of rotatable bonds is 3. The second-order valence-corrected chi connectivity index (χ2v) is 3.25. The van der Waals surface area contributed by atoms with E-state index in [1.165, 1.54) is 0 Å². The minimum Gasteiger partial charge on any atom is -0.497 e. The molecule has 2 rings (SSSR count). The number of nitrogens with zero attached hydrogens (tertiary/aromatic N) is 2. The molecule has 2 aromatic rings. The fourth-order valence-electron chi connectivity index (χ4n) is 1.43. The van der Waals surface area contributed by atoms with Crippen molar-refractivity contribution in [1.29, 1.82) is 0 Å². The summed E-state index contributed by atoms with van der Waals surface area (Å²) in [7, 11) is 1.64. The highest BCUT2D eigenvalue weighted by atomic mass is 16.5. The summed E-state index contributed by atoms with van der Waals surface area (Å²) in [6, 6.07) is 5.74. The van der Waals surface area contributed by atoms with Crippen molar-refractivity contribution < 1.29 is 4.74 Å². The van der Waals surface area contributed by atoms with Crippen molar-refractivity contribution >= 4 is 10.9 Å². The van der Waals surface area contributed by atoms with E-state index in [9.17, 15) is 0 Å². The highest BCUT2D eigenvalue weighted by Crippen LogP contribution is 2.18. The van der Waals surface area contributed by atoms with Gasteiger partial charge in [0, 0.05) is 18.0 Å². The van der Waals surface area contributed by atoms with Gasteiger partial charge in [0.15, 0.2) is 0 Å². The first-order valence-corrected chi connectivity index (χ1v) is 4.83. The van der Waals surface area contributed by atoms with E-state index in [1.54, 1.807) is 13.3 Å². The molecule has 1 aromatic carbocycles. The fraction of sp³-hybridized carbons (Fsp3) is 0.273. The van der Waals surface area contributed by atoms with Crippen LogP contribution in [0.3, 0.4) is 0 Å². The maximum atomic E-state index is 5.45. The monoisotopic (exact) mass is 203 g/mol. The van der Waals surface area contributed by atoms with Crippen LogP contribution >= 0.6 is 0 Å². The first kappa shape index (κ1) is 9.86. The third-order valence-electron chi connectivity index (χ3n) is 2.20. The van der Waals surface area contributed by atoms with Gasteiger partial charge in [0.2, 0.25) is 0 Å². The molecule has 0 spiro atoms. The summed E-state index contributed by atoms with van der Waals surface area (Å²) in [6.07, 6.45) is 2.51. The zero-order valence-corrected chi connectivity index (χ0v) is 8.60. The van der Waals surface area contributed by atoms with E-state index < -0.39 is 0 Å². The topological polar surface area (TPSA) is 61.0 Å². The molecular weight excluding hydrogens is 190 g/mol. The Morgan fingerprint density at radius 3 is 3.00 bits per heavy atom. The number of ether oxygens (including phenoxy) is 1. The number of hydrogen-bond acceptors (Lipinski definition) is 4. The average Bonchev–Trinajstić information content (AvgIpc) is 2.29. The van der Waals surface area contributed by atoms with Crippen LogP contribution in [0, 0.1) is 0 Å². The molecule has 1 aromatic heterocycles. The molecule has 0 saturated carbocycles. The van der Waals surface area contributed by atoms with E-state index in [1.807, 2.05) is 18.2 Å². The van der Waals surface area contributed by atoms with Gasteiger partial charge >= 0.3 is 0 Å². The second-order valence-electron chi connectivity index (χ2n) is 3.25. The van der Waals surface area contributed by atoms with Crippen LogP contribution in [0.4, 0.5) is 0 Å². The predicted molar refractivity (Wildman–Crippen MR) is 58.8 cm³/mol. The van der Waals surface area contributed by atoms with E-state index in [4.69, 9.17) is 10.5 Å². The molecule has 0 atom stereocenters. The maximum Gasteiger partial charge on any atom is 0.130 e. The van der Waals surface area contributed by atoms with Crippen molar-refractivity contribution in [3.8, 4) is 5.75 Å². The summed E-state index contributed by atoms with van der Waals surface area (Å²) in [5, 5.41) is 0.982. The van der Waals surface area contributed by atoms with Crippen LogP contribution in [0.25, 0.3) is 10.9 Å². The normalized spacial score (nSPS) is 10.5. The van der Waals surface area contributed by atoms with E-state index in [0.717, 1.165) is 22.5 Å². The Balaban J connectivity index is 2.45. The van der Waals surface area contributed by atoms with Crippen molar-refractivity contribution in [2.45, 2.75) is 6.42 Å². The number of methoxy groups -OCH3 is 1. The van der Waals surface area contributed by atoms with Crippen LogP contribution in [0.1, 0.15) is 5.82 Å². The lowest BCUT2D eigenvalue weighted by Crippen LogP contribution is -2.06. The van der Waals surface area contributed by atoms with Gasteiger partial charge < -0.3 is 10.5 Å². The van der Waals surface area contributed by atoms with Gasteiger partial charge in [-0.05, 0) is 24.7 Å². The van der Waals surface area contributed by atoms with Gasteiger partial charge in [-0.25, -0.2) is 9.97 Å². The molecule has 0 aliphatic carbocycles. The molecule has 0 saturated heterocycles. The summed E-state index contributed by atoms with van der Waals surface area (Å²) in [5.41, 5.74) is 6.38. The van der Waals surface area contributed by atoms with Crippen molar-refractivity contribution in [3.63, 3.8) is 0 Å². The van der Waals surface area contributed by atoms with Gasteiger partial charge in [0.25, 0.3) is 0 Å². The molecule has 0 bridgehead atoms. The van der Waals surface area contributed by atoms with Crippen LogP contribution in [0.5, 0.6) is 5.75 Å².